The van der Waals surface area contributed by atoms with E-state index in [-0.39, 0.29) is 11.9 Å². The second-order valence-corrected chi connectivity index (χ2v) is 5.16. The van der Waals surface area contributed by atoms with E-state index < -0.39 is 0 Å². The summed E-state index contributed by atoms with van der Waals surface area (Å²) < 4.78 is 0. The number of benzene rings is 1. The van der Waals surface area contributed by atoms with Crippen molar-refractivity contribution in [3.8, 4) is 0 Å². The predicted molar refractivity (Wildman–Crippen MR) is 83.2 cm³/mol. The van der Waals surface area contributed by atoms with Crippen molar-refractivity contribution in [1.82, 2.24) is 10.2 Å². The number of nitrogens with zero attached hydrogens (tertiary/aromatic N) is 3. The molecule has 108 valence electrons. The second kappa shape index (κ2) is 5.49. The van der Waals surface area contributed by atoms with Gasteiger partial charge in [-0.2, -0.15) is 5.10 Å². The maximum atomic E-state index is 11.4. The normalized spacial score (nSPS) is 18.0. The molecule has 1 fully saturated rings. The monoisotopic (exact) mass is 283 g/mol. The lowest BCUT2D eigenvalue weighted by molar-refractivity contribution is -0.111. The number of anilines is 2. The lowest BCUT2D eigenvalue weighted by Crippen LogP contribution is -2.27. The van der Waals surface area contributed by atoms with Crippen LogP contribution < -0.4 is 16.0 Å². The summed E-state index contributed by atoms with van der Waals surface area (Å²) in [6, 6.07) is 5.87. The van der Waals surface area contributed by atoms with E-state index in [4.69, 9.17) is 5.73 Å². The summed E-state index contributed by atoms with van der Waals surface area (Å²) in [6.45, 7) is 5.13. The zero-order valence-electron chi connectivity index (χ0n) is 11.6. The summed E-state index contributed by atoms with van der Waals surface area (Å²) in [4.78, 5) is 13.5. The molecular weight excluding hydrogens is 266 g/mol. The van der Waals surface area contributed by atoms with E-state index in [9.17, 15) is 4.79 Å². The average Bonchev–Trinajstić information content (AvgIpc) is 2.92. The molecule has 21 heavy (non-hydrogen) atoms. The van der Waals surface area contributed by atoms with Crippen LogP contribution in [-0.4, -0.2) is 35.2 Å². The van der Waals surface area contributed by atoms with E-state index in [2.05, 4.69) is 27.0 Å². The van der Waals surface area contributed by atoms with Gasteiger partial charge in [-0.15, -0.1) is 5.10 Å². The van der Waals surface area contributed by atoms with E-state index in [1.807, 2.05) is 18.2 Å². The van der Waals surface area contributed by atoms with Gasteiger partial charge in [0.2, 0.25) is 5.91 Å². The number of carbonyl (C=O) groups is 1. The summed E-state index contributed by atoms with van der Waals surface area (Å²) in [5, 5.41) is 13.0. The summed E-state index contributed by atoms with van der Waals surface area (Å²) in [5.74, 6) is 0.615. The number of rotatable bonds is 3. The third-order valence-corrected chi connectivity index (χ3v) is 3.62. The molecule has 0 saturated carbocycles. The van der Waals surface area contributed by atoms with Crippen LogP contribution in [0, 0.1) is 0 Å². The van der Waals surface area contributed by atoms with Crippen molar-refractivity contribution in [3.63, 3.8) is 0 Å². The first-order chi connectivity index (χ1) is 10.2. The molecule has 0 radical (unpaired) electrons. The second-order valence-electron chi connectivity index (χ2n) is 5.16. The Balaban J connectivity index is 1.96. The van der Waals surface area contributed by atoms with Crippen molar-refractivity contribution in [1.29, 1.82) is 0 Å². The fourth-order valence-electron chi connectivity index (χ4n) is 2.56. The first kappa shape index (κ1) is 13.5. The van der Waals surface area contributed by atoms with Crippen molar-refractivity contribution in [2.75, 3.05) is 23.3 Å². The van der Waals surface area contributed by atoms with Crippen LogP contribution in [0.2, 0.25) is 0 Å². The first-order valence-corrected chi connectivity index (χ1v) is 6.87. The number of amides is 1. The lowest BCUT2D eigenvalue weighted by atomic mass is 10.1. The highest BCUT2D eigenvalue weighted by molar-refractivity contribution is 6.01. The topological polar surface area (TPSA) is 84.1 Å². The molecule has 6 heteroatoms. The number of aromatic nitrogens is 2. The molecule has 1 aromatic carbocycles. The SMILES string of the molecule is C=CC(=O)Nc1ccc2c(N3CC[C@@H](N)C3)nncc2c1. The van der Waals surface area contributed by atoms with Crippen LogP contribution in [0.15, 0.2) is 37.1 Å². The number of fused-ring (bicyclic) bond motifs is 1. The highest BCUT2D eigenvalue weighted by Crippen LogP contribution is 2.28. The number of nitrogens with one attached hydrogen (secondary N) is 1. The van der Waals surface area contributed by atoms with Crippen molar-refractivity contribution in [3.05, 3.63) is 37.1 Å². The summed E-state index contributed by atoms with van der Waals surface area (Å²) in [6.07, 6.45) is 3.90. The molecular formula is C15H17N5O. The van der Waals surface area contributed by atoms with Crippen LogP contribution >= 0.6 is 0 Å². The van der Waals surface area contributed by atoms with Crippen LogP contribution in [0.25, 0.3) is 10.8 Å². The third kappa shape index (κ3) is 2.71. The quantitative estimate of drug-likeness (QED) is 0.829. The lowest BCUT2D eigenvalue weighted by Gasteiger charge is -2.18. The van der Waals surface area contributed by atoms with Gasteiger partial charge in [0.25, 0.3) is 0 Å². The van der Waals surface area contributed by atoms with E-state index in [0.29, 0.717) is 5.69 Å². The molecule has 2 heterocycles. The Morgan fingerprint density at radius 1 is 1.52 bits per heavy atom. The Morgan fingerprint density at radius 2 is 2.38 bits per heavy atom. The number of hydrogen-bond acceptors (Lipinski definition) is 5. The zero-order chi connectivity index (χ0) is 14.8. The Labute approximate surface area is 122 Å². The van der Waals surface area contributed by atoms with Crippen LogP contribution in [0.1, 0.15) is 6.42 Å². The molecule has 1 saturated heterocycles. The summed E-state index contributed by atoms with van der Waals surface area (Å²) in [5.41, 5.74) is 6.67. The van der Waals surface area contributed by atoms with Crippen molar-refractivity contribution in [2.45, 2.75) is 12.5 Å². The molecule has 2 aromatic rings. The predicted octanol–water partition coefficient (Wildman–Crippen LogP) is 1.29. The molecule has 1 amide bonds. The maximum absolute atomic E-state index is 11.4. The highest BCUT2D eigenvalue weighted by atomic mass is 16.1. The number of carbonyl (C=O) groups excluding carboxylic acids is 1. The van der Waals surface area contributed by atoms with Gasteiger partial charge in [-0.25, -0.2) is 0 Å². The van der Waals surface area contributed by atoms with E-state index in [1.54, 1.807) is 6.20 Å². The van der Waals surface area contributed by atoms with Gasteiger partial charge in [-0.1, -0.05) is 6.58 Å². The largest absolute Gasteiger partial charge is 0.353 e. The van der Waals surface area contributed by atoms with Crippen molar-refractivity contribution >= 4 is 28.2 Å². The fourth-order valence-corrected chi connectivity index (χ4v) is 2.56. The molecule has 6 nitrogen and oxygen atoms in total. The standard InChI is InChI=1S/C15H17N5O/c1-2-14(21)18-12-3-4-13-10(7-12)8-17-19-15(13)20-6-5-11(16)9-20/h2-4,7-8,11H,1,5-6,9,16H2,(H,18,21)/t11-/m1/s1. The van der Waals surface area contributed by atoms with Gasteiger partial charge in [0.1, 0.15) is 0 Å². The van der Waals surface area contributed by atoms with Gasteiger partial charge in [0.15, 0.2) is 5.82 Å². The first-order valence-electron chi connectivity index (χ1n) is 6.87. The third-order valence-electron chi connectivity index (χ3n) is 3.62. The highest BCUT2D eigenvalue weighted by Gasteiger charge is 2.22. The Hall–Kier alpha value is -2.47. The van der Waals surface area contributed by atoms with Crippen LogP contribution in [0.4, 0.5) is 11.5 Å². The van der Waals surface area contributed by atoms with E-state index in [1.165, 1.54) is 6.08 Å². The Kier molecular flexibility index (Phi) is 3.53. The fraction of sp³-hybridized carbons (Fsp3) is 0.267. The molecule has 3 rings (SSSR count). The minimum absolute atomic E-state index is 0.188. The Bertz CT molecular complexity index is 700. The van der Waals surface area contributed by atoms with Gasteiger partial charge in [-0.05, 0) is 30.7 Å². The minimum Gasteiger partial charge on any atom is -0.353 e. The Morgan fingerprint density at radius 3 is 3.10 bits per heavy atom. The smallest absolute Gasteiger partial charge is 0.247 e. The van der Waals surface area contributed by atoms with Gasteiger partial charge in [0, 0.05) is 35.6 Å². The summed E-state index contributed by atoms with van der Waals surface area (Å²) >= 11 is 0. The molecule has 1 atom stereocenters. The molecule has 1 aliphatic rings. The zero-order valence-corrected chi connectivity index (χ0v) is 11.6. The number of nitrogens with two attached hydrogens (primary N) is 1. The minimum atomic E-state index is -0.234. The van der Waals surface area contributed by atoms with Crippen molar-refractivity contribution in [2.24, 2.45) is 5.73 Å². The molecule has 0 bridgehead atoms. The average molecular weight is 283 g/mol. The van der Waals surface area contributed by atoms with Gasteiger partial charge in [-0.3, -0.25) is 4.79 Å². The molecule has 0 spiro atoms. The van der Waals surface area contributed by atoms with Crippen LogP contribution in [0.3, 0.4) is 0 Å². The van der Waals surface area contributed by atoms with Crippen molar-refractivity contribution < 1.29 is 4.79 Å². The maximum Gasteiger partial charge on any atom is 0.247 e. The molecule has 1 aliphatic heterocycles. The molecule has 3 N–H and O–H groups in total. The number of hydrogen-bond donors (Lipinski definition) is 2. The van der Waals surface area contributed by atoms with E-state index in [0.717, 1.165) is 36.1 Å². The molecule has 0 aliphatic carbocycles. The van der Waals surface area contributed by atoms with Crippen LogP contribution in [-0.2, 0) is 4.79 Å². The van der Waals surface area contributed by atoms with Gasteiger partial charge >= 0.3 is 0 Å². The molecule has 1 aromatic heterocycles. The van der Waals surface area contributed by atoms with E-state index >= 15 is 0 Å². The van der Waals surface area contributed by atoms with Gasteiger partial charge in [0.05, 0.1) is 6.20 Å². The molecule has 0 unspecified atom stereocenters. The van der Waals surface area contributed by atoms with Gasteiger partial charge < -0.3 is 16.0 Å². The van der Waals surface area contributed by atoms with Crippen LogP contribution in [0.5, 0.6) is 0 Å². The summed E-state index contributed by atoms with van der Waals surface area (Å²) in [7, 11) is 0.